The van der Waals surface area contributed by atoms with E-state index in [1.807, 2.05) is 0 Å². The van der Waals surface area contributed by atoms with E-state index in [1.54, 1.807) is 12.1 Å². The summed E-state index contributed by atoms with van der Waals surface area (Å²) < 4.78 is 37.1. The third-order valence-electron chi connectivity index (χ3n) is 3.11. The molecule has 116 valence electrons. The number of nitrogens with zero attached hydrogens (tertiary/aromatic N) is 4. The van der Waals surface area contributed by atoms with Crippen LogP contribution >= 0.6 is 0 Å². The highest BCUT2D eigenvalue weighted by atomic mass is 19.4. The molecule has 0 unspecified atom stereocenters. The largest absolute Gasteiger partial charge is 0.414 e. The van der Waals surface area contributed by atoms with Gasteiger partial charge in [0.15, 0.2) is 6.61 Å². The number of fused-ring (bicyclic) bond motifs is 1. The zero-order chi connectivity index (χ0) is 15.7. The van der Waals surface area contributed by atoms with Gasteiger partial charge in [0.05, 0.1) is 23.6 Å². The van der Waals surface area contributed by atoms with Crippen molar-refractivity contribution in [3.05, 3.63) is 35.9 Å². The van der Waals surface area contributed by atoms with E-state index in [2.05, 4.69) is 15.0 Å². The molecule has 2 aliphatic heterocycles. The van der Waals surface area contributed by atoms with Gasteiger partial charge in [-0.25, -0.2) is 15.0 Å². The molecule has 22 heavy (non-hydrogen) atoms. The summed E-state index contributed by atoms with van der Waals surface area (Å²) in [5, 5.41) is 1.09. The summed E-state index contributed by atoms with van der Waals surface area (Å²) in [6, 6.07) is 1.64. The van der Waals surface area contributed by atoms with E-state index in [9.17, 15) is 13.2 Å². The maximum absolute atomic E-state index is 12.4. The molecule has 0 spiro atoms. The lowest BCUT2D eigenvalue weighted by Crippen LogP contribution is -2.30. The third kappa shape index (κ3) is 2.93. The predicted molar refractivity (Wildman–Crippen MR) is 73.3 cm³/mol. The molecule has 0 atom stereocenters. The molecule has 0 aromatic carbocycles. The number of anilines is 1. The molecule has 3 heterocycles. The van der Waals surface area contributed by atoms with Crippen molar-refractivity contribution in [2.75, 3.05) is 18.9 Å². The van der Waals surface area contributed by atoms with Gasteiger partial charge >= 0.3 is 6.18 Å². The van der Waals surface area contributed by atoms with Crippen LogP contribution in [0.25, 0.3) is 5.57 Å². The molecule has 2 N–H and O–H groups in total. The van der Waals surface area contributed by atoms with E-state index in [1.165, 1.54) is 12.4 Å². The van der Waals surface area contributed by atoms with Gasteiger partial charge in [-0.3, -0.25) is 9.83 Å². The number of hydrogen-bond donors (Lipinski definition) is 1. The van der Waals surface area contributed by atoms with Gasteiger partial charge in [0.1, 0.15) is 0 Å². The molecule has 1 aromatic heterocycles. The highest BCUT2D eigenvalue weighted by Crippen LogP contribution is 2.32. The normalized spacial score (nSPS) is 17.8. The summed E-state index contributed by atoms with van der Waals surface area (Å²) in [6.07, 6.45) is 0.751. The van der Waals surface area contributed by atoms with Gasteiger partial charge in [-0.2, -0.15) is 13.2 Å². The van der Waals surface area contributed by atoms with Gasteiger partial charge in [0.2, 0.25) is 5.95 Å². The maximum atomic E-state index is 12.4. The Labute approximate surface area is 123 Å². The van der Waals surface area contributed by atoms with Crippen LogP contribution in [-0.4, -0.2) is 40.1 Å². The molecule has 0 aliphatic carbocycles. The standard InChI is InChI=1S/C13H12F3N5O/c14-13(15,16)7-22-21-5-1-2-10-11(21)8(6-19-10)9-3-4-18-12(17)20-9/h1,3-5H,2,6-7H2,(H2,17,18,20). The minimum atomic E-state index is -4.42. The van der Waals surface area contributed by atoms with Crippen molar-refractivity contribution >= 4 is 17.2 Å². The summed E-state index contributed by atoms with van der Waals surface area (Å²) in [5.74, 6) is 0.0909. The number of rotatable bonds is 3. The van der Waals surface area contributed by atoms with Crippen LogP contribution in [0.4, 0.5) is 19.1 Å². The first-order chi connectivity index (χ1) is 10.4. The molecular weight excluding hydrogens is 299 g/mol. The molecule has 3 rings (SSSR count). The SMILES string of the molecule is Nc1nccc(C2=C3C(=NC2)CC=CN3OCC(F)(F)F)n1. The Bertz CT molecular complexity index is 680. The second kappa shape index (κ2) is 5.41. The van der Waals surface area contributed by atoms with Crippen LogP contribution in [0, 0.1) is 0 Å². The van der Waals surface area contributed by atoms with Gasteiger partial charge in [-0.15, -0.1) is 0 Å². The molecule has 6 nitrogen and oxygen atoms in total. The zero-order valence-corrected chi connectivity index (χ0v) is 11.3. The fourth-order valence-corrected chi connectivity index (χ4v) is 2.25. The molecule has 0 fully saturated rings. The quantitative estimate of drug-likeness (QED) is 0.923. The number of halogens is 3. The Morgan fingerprint density at radius 1 is 1.36 bits per heavy atom. The number of nitrogens with two attached hydrogens (primary N) is 1. The first-order valence-electron chi connectivity index (χ1n) is 6.45. The third-order valence-corrected chi connectivity index (χ3v) is 3.11. The first kappa shape index (κ1) is 14.5. The Morgan fingerprint density at radius 3 is 2.91 bits per heavy atom. The molecule has 0 bridgehead atoms. The van der Waals surface area contributed by atoms with Gasteiger partial charge in [-0.05, 0) is 6.07 Å². The monoisotopic (exact) mass is 311 g/mol. The topological polar surface area (TPSA) is 76.6 Å². The van der Waals surface area contributed by atoms with Crippen molar-refractivity contribution in [3.63, 3.8) is 0 Å². The van der Waals surface area contributed by atoms with Crippen LogP contribution in [0.5, 0.6) is 0 Å². The van der Waals surface area contributed by atoms with Crippen molar-refractivity contribution in [1.29, 1.82) is 0 Å². The number of nitrogen functional groups attached to an aromatic ring is 1. The van der Waals surface area contributed by atoms with Gasteiger partial charge < -0.3 is 5.73 Å². The number of aromatic nitrogens is 2. The summed E-state index contributed by atoms with van der Waals surface area (Å²) >= 11 is 0. The van der Waals surface area contributed by atoms with Crippen molar-refractivity contribution in [3.8, 4) is 0 Å². The second-order valence-electron chi connectivity index (χ2n) is 4.69. The molecule has 0 saturated heterocycles. The van der Waals surface area contributed by atoms with Crippen molar-refractivity contribution < 1.29 is 18.0 Å². The van der Waals surface area contributed by atoms with E-state index < -0.39 is 12.8 Å². The number of hydroxylamine groups is 2. The van der Waals surface area contributed by atoms with Crippen LogP contribution in [0.2, 0.25) is 0 Å². The lowest BCUT2D eigenvalue weighted by Gasteiger charge is -2.26. The summed E-state index contributed by atoms with van der Waals surface area (Å²) in [6.45, 7) is -1.07. The van der Waals surface area contributed by atoms with E-state index in [-0.39, 0.29) is 5.95 Å². The number of alkyl halides is 3. The average molecular weight is 311 g/mol. The molecule has 1 aromatic rings. The Hall–Kier alpha value is -2.42. The Kier molecular flexibility index (Phi) is 3.57. The fourth-order valence-electron chi connectivity index (χ4n) is 2.25. The first-order valence-corrected chi connectivity index (χ1v) is 6.45. The van der Waals surface area contributed by atoms with E-state index in [0.29, 0.717) is 35.6 Å². The Morgan fingerprint density at radius 2 is 2.18 bits per heavy atom. The zero-order valence-electron chi connectivity index (χ0n) is 11.3. The van der Waals surface area contributed by atoms with Crippen molar-refractivity contribution in [2.45, 2.75) is 12.6 Å². The summed E-state index contributed by atoms with van der Waals surface area (Å²) in [4.78, 5) is 17.1. The van der Waals surface area contributed by atoms with Gasteiger partial charge in [0, 0.05) is 24.4 Å². The van der Waals surface area contributed by atoms with Crippen LogP contribution in [0.15, 0.2) is 35.2 Å². The van der Waals surface area contributed by atoms with E-state index >= 15 is 0 Å². The van der Waals surface area contributed by atoms with Crippen LogP contribution in [0.1, 0.15) is 12.1 Å². The van der Waals surface area contributed by atoms with Crippen LogP contribution in [0.3, 0.4) is 0 Å². The lowest BCUT2D eigenvalue weighted by molar-refractivity contribution is -0.224. The molecule has 0 amide bonds. The summed E-state index contributed by atoms with van der Waals surface area (Å²) in [5.41, 5.74) is 7.90. The highest BCUT2D eigenvalue weighted by Gasteiger charge is 2.33. The molecule has 0 saturated carbocycles. The molecule has 9 heteroatoms. The number of allylic oxidation sites excluding steroid dienone is 2. The maximum Gasteiger partial charge on any atom is 0.414 e. The lowest BCUT2D eigenvalue weighted by atomic mass is 10.1. The van der Waals surface area contributed by atoms with Crippen LogP contribution < -0.4 is 5.73 Å². The van der Waals surface area contributed by atoms with Gasteiger partial charge in [0.25, 0.3) is 0 Å². The average Bonchev–Trinajstić information content (AvgIpc) is 2.89. The smallest absolute Gasteiger partial charge is 0.368 e. The minimum absolute atomic E-state index is 0.0909. The van der Waals surface area contributed by atoms with Crippen LogP contribution in [-0.2, 0) is 4.84 Å². The second-order valence-corrected chi connectivity index (χ2v) is 4.69. The molecule has 0 radical (unpaired) electrons. The predicted octanol–water partition coefficient (Wildman–Crippen LogP) is 1.94. The Balaban J connectivity index is 1.94. The van der Waals surface area contributed by atoms with Crippen molar-refractivity contribution in [2.24, 2.45) is 4.99 Å². The molecular formula is C13H12F3N5O. The summed E-state index contributed by atoms with van der Waals surface area (Å²) in [7, 11) is 0. The number of hydrogen-bond acceptors (Lipinski definition) is 6. The number of aliphatic imine (C=N–C) groups is 1. The highest BCUT2D eigenvalue weighted by molar-refractivity contribution is 6.10. The van der Waals surface area contributed by atoms with Gasteiger partial charge in [-0.1, -0.05) is 6.08 Å². The minimum Gasteiger partial charge on any atom is -0.368 e. The van der Waals surface area contributed by atoms with Crippen molar-refractivity contribution in [1.82, 2.24) is 15.0 Å². The fraction of sp³-hybridized carbons (Fsp3) is 0.308. The molecule has 2 aliphatic rings. The van der Waals surface area contributed by atoms with E-state index in [4.69, 9.17) is 10.6 Å². The van der Waals surface area contributed by atoms with E-state index in [0.717, 1.165) is 5.06 Å².